The van der Waals surface area contributed by atoms with Crippen molar-refractivity contribution < 1.29 is 14.5 Å². The van der Waals surface area contributed by atoms with Gasteiger partial charge in [-0.2, -0.15) is 4.57 Å². The summed E-state index contributed by atoms with van der Waals surface area (Å²) in [4.78, 5) is 32.3. The van der Waals surface area contributed by atoms with E-state index in [0.29, 0.717) is 23.6 Å². The molecule has 1 aliphatic rings. The fourth-order valence-electron chi connectivity index (χ4n) is 3.23. The van der Waals surface area contributed by atoms with Crippen molar-refractivity contribution in [1.29, 1.82) is 0 Å². The third-order valence-corrected chi connectivity index (χ3v) is 4.50. The van der Waals surface area contributed by atoms with Gasteiger partial charge in [-0.15, -0.1) is 0 Å². The number of aryl methyl sites for hydroxylation is 1. The number of aliphatic imine (C=N–C) groups is 1. The molecule has 2 aromatic heterocycles. The van der Waals surface area contributed by atoms with Gasteiger partial charge in [-0.05, 0) is 19.1 Å². The molecule has 3 heterocycles. The molecule has 0 aliphatic carbocycles. The van der Waals surface area contributed by atoms with Gasteiger partial charge in [-0.3, -0.25) is 9.48 Å². The van der Waals surface area contributed by atoms with Crippen LogP contribution in [0.25, 0.3) is 5.70 Å². The average Bonchev–Trinajstić information content (AvgIpc) is 3.24. The summed E-state index contributed by atoms with van der Waals surface area (Å²) in [6, 6.07) is 9.65. The summed E-state index contributed by atoms with van der Waals surface area (Å²) in [6.07, 6.45) is 6.30. The first-order valence-corrected chi connectivity index (χ1v) is 8.82. The highest BCUT2D eigenvalue weighted by Crippen LogP contribution is 2.22. The third kappa shape index (κ3) is 3.05. The Bertz CT molecular complexity index is 1170. The van der Waals surface area contributed by atoms with Crippen LogP contribution in [0.4, 0.5) is 5.69 Å². The van der Waals surface area contributed by atoms with Crippen molar-refractivity contribution in [3.8, 4) is 0 Å². The lowest BCUT2D eigenvalue weighted by Crippen LogP contribution is -2.38. The number of rotatable bonds is 5. The lowest BCUT2D eigenvalue weighted by molar-refractivity contribution is -0.578. The minimum absolute atomic E-state index is 0.242. The maximum Gasteiger partial charge on any atom is 0.292 e. The van der Waals surface area contributed by atoms with Gasteiger partial charge >= 0.3 is 0 Å². The molecule has 0 saturated carbocycles. The summed E-state index contributed by atoms with van der Waals surface area (Å²) < 4.78 is 3.28. The number of aromatic amines is 1. The van der Waals surface area contributed by atoms with Gasteiger partial charge in [-0.1, -0.05) is 18.2 Å². The minimum atomic E-state index is -1.23. The summed E-state index contributed by atoms with van der Waals surface area (Å²) in [5.74, 6) is -1.23. The number of benzene rings is 1. The number of carboxylic acid groups (broad SMARTS) is 1. The molecule has 1 aromatic carbocycles. The molecule has 0 bridgehead atoms. The number of hydrogen-bond donors (Lipinski definition) is 1. The number of aromatic nitrogens is 4. The van der Waals surface area contributed by atoms with Crippen LogP contribution in [0.1, 0.15) is 23.9 Å². The van der Waals surface area contributed by atoms with Crippen LogP contribution in [-0.4, -0.2) is 26.4 Å². The van der Waals surface area contributed by atoms with Gasteiger partial charge in [0.25, 0.3) is 11.3 Å². The highest BCUT2D eigenvalue weighted by molar-refractivity contribution is 6.13. The fraction of sp³-hybridized carbons (Fsp3) is 0.150. The van der Waals surface area contributed by atoms with Crippen LogP contribution in [0.5, 0.6) is 0 Å². The van der Waals surface area contributed by atoms with Crippen LogP contribution in [0.3, 0.4) is 0 Å². The topological polar surface area (TPSA) is 107 Å². The van der Waals surface area contributed by atoms with Crippen LogP contribution in [0.2, 0.25) is 0 Å². The predicted octanol–water partition coefficient (Wildman–Crippen LogP) is 0.195. The summed E-state index contributed by atoms with van der Waals surface area (Å²) in [7, 11) is 0. The van der Waals surface area contributed by atoms with E-state index in [1.807, 2.05) is 47.9 Å². The van der Waals surface area contributed by atoms with Crippen molar-refractivity contribution in [1.82, 2.24) is 14.8 Å². The zero-order valence-corrected chi connectivity index (χ0v) is 15.1. The molecule has 8 nitrogen and oxygen atoms in total. The maximum atomic E-state index is 12.4. The van der Waals surface area contributed by atoms with Gasteiger partial charge in [0.15, 0.2) is 6.20 Å². The van der Waals surface area contributed by atoms with E-state index < -0.39 is 5.97 Å². The van der Waals surface area contributed by atoms with Crippen LogP contribution < -0.4 is 15.2 Å². The third-order valence-electron chi connectivity index (χ3n) is 4.50. The molecule has 0 radical (unpaired) electrons. The first kappa shape index (κ1) is 17.6. The molecule has 1 aliphatic heterocycles. The first-order chi connectivity index (χ1) is 13.6. The smallest absolute Gasteiger partial charge is 0.292 e. The number of carboxylic acids is 1. The molecule has 0 spiro atoms. The Balaban J connectivity index is 1.92. The molecule has 0 fully saturated rings. The number of carbonyl (C=O) groups excluding carboxylic acids is 1. The van der Waals surface area contributed by atoms with E-state index in [4.69, 9.17) is 0 Å². The minimum Gasteiger partial charge on any atom is -0.550 e. The Kier molecular flexibility index (Phi) is 4.44. The van der Waals surface area contributed by atoms with Gasteiger partial charge in [0.1, 0.15) is 17.1 Å². The summed E-state index contributed by atoms with van der Waals surface area (Å²) in [5, 5.41) is 14.1. The number of fused-ring (bicyclic) bond motifs is 1. The molecule has 0 atom stereocenters. The Hall–Kier alpha value is -3.81. The largest absolute Gasteiger partial charge is 0.550 e. The molecule has 140 valence electrons. The van der Waals surface area contributed by atoms with E-state index in [1.165, 1.54) is 10.9 Å². The number of nitrogens with zero attached hydrogens (tertiary/aromatic N) is 4. The number of allylic oxidation sites excluding steroid dienone is 1. The van der Waals surface area contributed by atoms with E-state index in [9.17, 15) is 14.7 Å². The Morgan fingerprint density at radius 3 is 2.79 bits per heavy atom. The van der Waals surface area contributed by atoms with Crippen LogP contribution in [0.15, 0.2) is 64.8 Å². The van der Waals surface area contributed by atoms with Crippen molar-refractivity contribution in [3.05, 3.63) is 82.3 Å². The van der Waals surface area contributed by atoms with Crippen molar-refractivity contribution >= 4 is 23.1 Å². The van der Waals surface area contributed by atoms with Gasteiger partial charge in [0.05, 0.1) is 6.20 Å². The molecule has 0 unspecified atom stereocenters. The SMILES string of the molecule is CCn1[nH]cc(N=C2C=C(c3ccccc3)[n+]3ccnc(CC(=O)[O-])c32)c1=O. The lowest BCUT2D eigenvalue weighted by atomic mass is 10.1. The lowest BCUT2D eigenvalue weighted by Gasteiger charge is -2.05. The highest BCUT2D eigenvalue weighted by atomic mass is 16.4. The molecular formula is C20H17N5O3. The van der Waals surface area contributed by atoms with Crippen LogP contribution >= 0.6 is 0 Å². The summed E-state index contributed by atoms with van der Waals surface area (Å²) in [5.41, 5.74) is 3.10. The fourth-order valence-corrected chi connectivity index (χ4v) is 3.23. The van der Waals surface area contributed by atoms with Gasteiger partial charge in [0, 0.05) is 36.8 Å². The maximum absolute atomic E-state index is 12.4. The molecule has 28 heavy (non-hydrogen) atoms. The standard InChI is InChI=1S/C20H17N5O3/c1-2-25-20(28)16(12-22-25)23-15-10-17(13-6-4-3-5-7-13)24-9-8-21-14(19(15)24)11-18(26)27/h3-10,12H,2,11H2,1H3,(H,26,27). The van der Waals surface area contributed by atoms with Crippen LogP contribution in [0, 0.1) is 0 Å². The van der Waals surface area contributed by atoms with Gasteiger partial charge in [-0.25, -0.2) is 9.98 Å². The highest BCUT2D eigenvalue weighted by Gasteiger charge is 2.33. The van der Waals surface area contributed by atoms with E-state index in [-0.39, 0.29) is 17.7 Å². The normalized spacial score (nSPS) is 14.2. The van der Waals surface area contributed by atoms with Gasteiger partial charge < -0.3 is 15.0 Å². The molecule has 4 rings (SSSR count). The summed E-state index contributed by atoms with van der Waals surface area (Å²) >= 11 is 0. The van der Waals surface area contributed by atoms with E-state index in [1.54, 1.807) is 12.4 Å². The molecule has 0 amide bonds. The molecule has 1 N–H and O–H groups in total. The molecule has 8 heteroatoms. The first-order valence-electron chi connectivity index (χ1n) is 8.82. The van der Waals surface area contributed by atoms with Crippen LogP contribution in [-0.2, 0) is 17.8 Å². The van der Waals surface area contributed by atoms with Crippen molar-refractivity contribution in [2.45, 2.75) is 19.9 Å². The molecular weight excluding hydrogens is 358 g/mol. The molecule has 3 aromatic rings. The molecule has 0 saturated heterocycles. The number of aliphatic carboxylic acids is 1. The second kappa shape index (κ2) is 7.07. The number of nitrogens with one attached hydrogen (secondary N) is 1. The Morgan fingerprint density at radius 1 is 1.32 bits per heavy atom. The van der Waals surface area contributed by atoms with Gasteiger partial charge in [0.2, 0.25) is 5.70 Å². The number of H-pyrrole nitrogens is 1. The second-order valence-corrected chi connectivity index (χ2v) is 6.24. The Morgan fingerprint density at radius 2 is 2.11 bits per heavy atom. The monoisotopic (exact) mass is 375 g/mol. The predicted molar refractivity (Wildman–Crippen MR) is 99.9 cm³/mol. The Labute approximate surface area is 160 Å². The van der Waals surface area contributed by atoms with Crippen molar-refractivity contribution in [2.24, 2.45) is 4.99 Å². The zero-order chi connectivity index (χ0) is 19.7. The second-order valence-electron chi connectivity index (χ2n) is 6.24. The number of carbonyl (C=O) groups is 1. The van der Waals surface area contributed by atoms with Crippen molar-refractivity contribution in [3.63, 3.8) is 0 Å². The average molecular weight is 375 g/mol. The van der Waals surface area contributed by atoms with E-state index in [0.717, 1.165) is 11.3 Å². The van der Waals surface area contributed by atoms with E-state index >= 15 is 0 Å². The van der Waals surface area contributed by atoms with E-state index in [2.05, 4.69) is 15.1 Å². The van der Waals surface area contributed by atoms with Crippen molar-refractivity contribution in [2.75, 3.05) is 0 Å². The quantitative estimate of drug-likeness (QED) is 0.643. The number of hydrogen-bond acceptors (Lipinski definition) is 5. The zero-order valence-electron chi connectivity index (χ0n) is 15.1. The summed E-state index contributed by atoms with van der Waals surface area (Å²) in [6.45, 7) is 2.35.